The zero-order valence-corrected chi connectivity index (χ0v) is 10.2. The Kier molecular flexibility index (Phi) is 2.61. The number of rotatable bonds is 2. The largest absolute Gasteiger partial charge is 0.355 e. The molecule has 0 unspecified atom stereocenters. The normalized spacial score (nSPS) is 11.0. The van der Waals surface area contributed by atoms with Crippen molar-refractivity contribution >= 4 is 10.9 Å². The third-order valence-electron chi connectivity index (χ3n) is 3.06. The van der Waals surface area contributed by atoms with Gasteiger partial charge in [-0.1, -0.05) is 35.0 Å². The molecule has 1 heterocycles. The Balaban J connectivity index is 2.18. The molecule has 0 fully saturated rings. The molecule has 1 aromatic heterocycles. The van der Waals surface area contributed by atoms with E-state index in [1.54, 1.807) is 0 Å². The van der Waals surface area contributed by atoms with E-state index in [2.05, 4.69) is 24.2 Å². The molecule has 3 nitrogen and oxygen atoms in total. The monoisotopic (exact) mass is 238 g/mol. The van der Waals surface area contributed by atoms with Crippen LogP contribution in [0, 0.1) is 6.92 Å². The summed E-state index contributed by atoms with van der Waals surface area (Å²) in [5.74, 6) is 0.817. The van der Waals surface area contributed by atoms with Gasteiger partial charge in [0, 0.05) is 17.5 Å². The van der Waals surface area contributed by atoms with Crippen molar-refractivity contribution in [2.24, 2.45) is 5.73 Å². The summed E-state index contributed by atoms with van der Waals surface area (Å²) in [6.45, 7) is 2.58. The van der Waals surface area contributed by atoms with Gasteiger partial charge >= 0.3 is 0 Å². The summed E-state index contributed by atoms with van der Waals surface area (Å²) in [6.07, 6.45) is 0. The second-order valence-corrected chi connectivity index (χ2v) is 4.44. The van der Waals surface area contributed by atoms with Crippen LogP contribution < -0.4 is 5.73 Å². The SMILES string of the molecule is Cc1cccc(-c2onc3cc(CN)ccc23)c1. The molecule has 0 radical (unpaired) electrons. The first-order valence-electron chi connectivity index (χ1n) is 5.93. The topological polar surface area (TPSA) is 52.0 Å². The first-order chi connectivity index (χ1) is 8.78. The highest BCUT2D eigenvalue weighted by atomic mass is 16.5. The number of benzene rings is 2. The molecule has 0 saturated carbocycles. The minimum absolute atomic E-state index is 0.516. The van der Waals surface area contributed by atoms with Gasteiger partial charge in [0.25, 0.3) is 0 Å². The predicted octanol–water partition coefficient (Wildman–Crippen LogP) is 3.26. The average molecular weight is 238 g/mol. The summed E-state index contributed by atoms with van der Waals surface area (Å²) in [7, 11) is 0. The van der Waals surface area contributed by atoms with E-state index in [0.29, 0.717) is 6.54 Å². The van der Waals surface area contributed by atoms with Gasteiger partial charge in [-0.25, -0.2) is 0 Å². The lowest BCUT2D eigenvalue weighted by atomic mass is 10.1. The fraction of sp³-hybridized carbons (Fsp3) is 0.133. The highest BCUT2D eigenvalue weighted by Gasteiger charge is 2.10. The van der Waals surface area contributed by atoms with Gasteiger partial charge in [0.2, 0.25) is 0 Å². The van der Waals surface area contributed by atoms with Crippen LogP contribution in [0.3, 0.4) is 0 Å². The number of hydrogen-bond donors (Lipinski definition) is 1. The molecular formula is C15H14N2O. The summed E-state index contributed by atoms with van der Waals surface area (Å²) in [5.41, 5.74) is 9.80. The molecule has 0 atom stereocenters. The van der Waals surface area contributed by atoms with Crippen LogP contribution in [0.1, 0.15) is 11.1 Å². The third kappa shape index (κ3) is 1.79. The van der Waals surface area contributed by atoms with E-state index >= 15 is 0 Å². The average Bonchev–Trinajstić information content (AvgIpc) is 2.81. The maximum atomic E-state index is 5.62. The summed E-state index contributed by atoms with van der Waals surface area (Å²) in [6, 6.07) is 14.2. The summed E-state index contributed by atoms with van der Waals surface area (Å²) >= 11 is 0. The van der Waals surface area contributed by atoms with Crippen molar-refractivity contribution in [1.29, 1.82) is 0 Å². The lowest BCUT2D eigenvalue weighted by Crippen LogP contribution is -1.95. The van der Waals surface area contributed by atoms with Gasteiger partial charge in [-0.3, -0.25) is 0 Å². The van der Waals surface area contributed by atoms with E-state index in [-0.39, 0.29) is 0 Å². The van der Waals surface area contributed by atoms with Crippen molar-refractivity contribution in [2.45, 2.75) is 13.5 Å². The Bertz CT molecular complexity index is 701. The van der Waals surface area contributed by atoms with Crippen molar-refractivity contribution in [3.8, 4) is 11.3 Å². The first kappa shape index (κ1) is 11.0. The van der Waals surface area contributed by atoms with Crippen molar-refractivity contribution in [3.05, 3.63) is 53.6 Å². The van der Waals surface area contributed by atoms with Crippen LogP contribution in [0.4, 0.5) is 0 Å². The van der Waals surface area contributed by atoms with Gasteiger partial charge in [0.15, 0.2) is 5.76 Å². The molecule has 0 aliphatic heterocycles. The van der Waals surface area contributed by atoms with Crippen LogP contribution in [0.2, 0.25) is 0 Å². The Labute approximate surface area is 105 Å². The zero-order valence-electron chi connectivity index (χ0n) is 10.2. The number of aryl methyl sites for hydroxylation is 1. The molecule has 0 aliphatic carbocycles. The van der Waals surface area contributed by atoms with Gasteiger partial charge in [-0.15, -0.1) is 0 Å². The molecular weight excluding hydrogens is 224 g/mol. The molecule has 3 rings (SSSR count). The predicted molar refractivity (Wildman–Crippen MR) is 72.1 cm³/mol. The number of aromatic nitrogens is 1. The lowest BCUT2D eigenvalue weighted by Gasteiger charge is -1.99. The number of hydrogen-bond acceptors (Lipinski definition) is 3. The maximum Gasteiger partial charge on any atom is 0.174 e. The van der Waals surface area contributed by atoms with Crippen LogP contribution in [-0.4, -0.2) is 5.16 Å². The molecule has 3 heteroatoms. The molecule has 18 heavy (non-hydrogen) atoms. The van der Waals surface area contributed by atoms with Crippen LogP contribution in [0.5, 0.6) is 0 Å². The molecule has 2 aromatic carbocycles. The van der Waals surface area contributed by atoms with E-state index in [1.165, 1.54) is 5.56 Å². The summed E-state index contributed by atoms with van der Waals surface area (Å²) in [4.78, 5) is 0. The number of nitrogens with two attached hydrogens (primary N) is 1. The van der Waals surface area contributed by atoms with E-state index < -0.39 is 0 Å². The van der Waals surface area contributed by atoms with Crippen LogP contribution in [0.15, 0.2) is 47.0 Å². The number of fused-ring (bicyclic) bond motifs is 1. The molecule has 0 saturated heterocycles. The van der Waals surface area contributed by atoms with Crippen molar-refractivity contribution in [1.82, 2.24) is 5.16 Å². The minimum atomic E-state index is 0.516. The fourth-order valence-electron chi connectivity index (χ4n) is 2.11. The highest BCUT2D eigenvalue weighted by Crippen LogP contribution is 2.29. The Hall–Kier alpha value is -2.13. The van der Waals surface area contributed by atoms with Crippen LogP contribution in [0.25, 0.3) is 22.2 Å². The Morgan fingerprint density at radius 2 is 2.06 bits per heavy atom. The van der Waals surface area contributed by atoms with E-state index in [4.69, 9.17) is 10.3 Å². The molecule has 90 valence electrons. The van der Waals surface area contributed by atoms with E-state index in [1.807, 2.05) is 30.3 Å². The smallest absolute Gasteiger partial charge is 0.174 e. The van der Waals surface area contributed by atoms with Crippen molar-refractivity contribution in [3.63, 3.8) is 0 Å². The van der Waals surface area contributed by atoms with E-state index in [0.717, 1.165) is 27.8 Å². The highest BCUT2D eigenvalue weighted by molar-refractivity contribution is 5.91. The quantitative estimate of drug-likeness (QED) is 0.745. The Morgan fingerprint density at radius 1 is 1.17 bits per heavy atom. The number of nitrogens with zero attached hydrogens (tertiary/aromatic N) is 1. The van der Waals surface area contributed by atoms with Gasteiger partial charge < -0.3 is 10.3 Å². The van der Waals surface area contributed by atoms with Crippen LogP contribution >= 0.6 is 0 Å². The fourth-order valence-corrected chi connectivity index (χ4v) is 2.11. The molecule has 0 spiro atoms. The van der Waals surface area contributed by atoms with Gasteiger partial charge in [-0.05, 0) is 30.7 Å². The second kappa shape index (κ2) is 4.27. The van der Waals surface area contributed by atoms with Crippen molar-refractivity contribution < 1.29 is 4.52 Å². The van der Waals surface area contributed by atoms with Gasteiger partial charge in [0.1, 0.15) is 5.52 Å². The first-order valence-corrected chi connectivity index (χ1v) is 5.93. The van der Waals surface area contributed by atoms with Gasteiger partial charge in [0.05, 0.1) is 0 Å². The minimum Gasteiger partial charge on any atom is -0.355 e. The van der Waals surface area contributed by atoms with Crippen molar-refractivity contribution in [2.75, 3.05) is 0 Å². The standard InChI is InChI=1S/C15H14N2O/c1-10-3-2-4-12(7-10)15-13-6-5-11(9-16)8-14(13)17-18-15/h2-8H,9,16H2,1H3. The lowest BCUT2D eigenvalue weighted by molar-refractivity contribution is 0.441. The third-order valence-corrected chi connectivity index (χ3v) is 3.06. The maximum absolute atomic E-state index is 5.62. The Morgan fingerprint density at radius 3 is 2.83 bits per heavy atom. The molecule has 0 aliphatic rings. The second-order valence-electron chi connectivity index (χ2n) is 4.44. The molecule has 0 bridgehead atoms. The van der Waals surface area contributed by atoms with E-state index in [9.17, 15) is 0 Å². The summed E-state index contributed by atoms with van der Waals surface area (Å²) in [5, 5.41) is 5.13. The zero-order chi connectivity index (χ0) is 12.5. The molecule has 2 N–H and O–H groups in total. The molecule has 3 aromatic rings. The van der Waals surface area contributed by atoms with Crippen LogP contribution in [-0.2, 0) is 6.54 Å². The summed E-state index contributed by atoms with van der Waals surface area (Å²) < 4.78 is 5.46. The van der Waals surface area contributed by atoms with Gasteiger partial charge in [-0.2, -0.15) is 0 Å². The molecule has 0 amide bonds.